The van der Waals surface area contributed by atoms with E-state index in [9.17, 15) is 14.4 Å². The molecule has 0 spiro atoms. The second-order valence-corrected chi connectivity index (χ2v) is 5.30. The van der Waals surface area contributed by atoms with Crippen molar-refractivity contribution in [3.05, 3.63) is 34.6 Å². The van der Waals surface area contributed by atoms with Crippen LogP contribution in [-0.2, 0) is 21.4 Å². The van der Waals surface area contributed by atoms with Gasteiger partial charge >= 0.3 is 5.97 Å². The molecule has 0 bridgehead atoms. The van der Waals surface area contributed by atoms with Gasteiger partial charge < -0.3 is 4.74 Å². The topological polar surface area (TPSA) is 78.3 Å². The van der Waals surface area contributed by atoms with Crippen LogP contribution in [0.2, 0.25) is 0 Å². The highest BCUT2D eigenvalue weighted by Crippen LogP contribution is 2.17. The van der Waals surface area contributed by atoms with E-state index in [0.717, 1.165) is 11.8 Å². The van der Waals surface area contributed by atoms with Crippen molar-refractivity contribution in [1.29, 1.82) is 0 Å². The lowest BCUT2D eigenvalue weighted by Crippen LogP contribution is -2.20. The van der Waals surface area contributed by atoms with Crippen molar-refractivity contribution >= 4 is 34.4 Å². The molecule has 0 unspecified atom stereocenters. The van der Waals surface area contributed by atoms with Gasteiger partial charge in [0.1, 0.15) is 6.42 Å². The Hall–Kier alpha value is -2.15. The van der Waals surface area contributed by atoms with Gasteiger partial charge in [0.05, 0.1) is 23.8 Å². The predicted octanol–water partition coefficient (Wildman–Crippen LogP) is 1.16. The molecule has 0 aliphatic heterocycles. The Morgan fingerprint density at radius 3 is 2.76 bits per heavy atom. The Bertz CT molecular complexity index is 754. The maximum absolute atomic E-state index is 12.2. The molecule has 2 aromatic rings. The van der Waals surface area contributed by atoms with Crippen LogP contribution in [0.4, 0.5) is 0 Å². The smallest absolute Gasteiger partial charge is 0.313 e. The van der Waals surface area contributed by atoms with Crippen LogP contribution in [0.5, 0.6) is 0 Å². The number of thioether (sulfide) groups is 1. The summed E-state index contributed by atoms with van der Waals surface area (Å²) < 4.78 is 5.83. The molecule has 0 aliphatic rings. The zero-order valence-corrected chi connectivity index (χ0v) is 12.5. The third kappa shape index (κ3) is 3.49. The van der Waals surface area contributed by atoms with Gasteiger partial charge in [-0.2, -0.15) is 0 Å². The van der Waals surface area contributed by atoms with Crippen molar-refractivity contribution in [3.8, 4) is 0 Å². The molecule has 0 atom stereocenters. The average Bonchev–Trinajstić information content (AvgIpc) is 2.49. The van der Waals surface area contributed by atoms with Gasteiger partial charge in [-0.25, -0.2) is 4.98 Å². The monoisotopic (exact) mass is 306 g/mol. The zero-order chi connectivity index (χ0) is 15.4. The first-order chi connectivity index (χ1) is 10.0. The molecular weight excluding hydrogens is 292 g/mol. The van der Waals surface area contributed by atoms with Crippen LogP contribution in [0.15, 0.2) is 34.2 Å². The van der Waals surface area contributed by atoms with Gasteiger partial charge in [0.2, 0.25) is 0 Å². The number of ketones is 1. The van der Waals surface area contributed by atoms with Gasteiger partial charge in [0.25, 0.3) is 5.56 Å². The molecule has 7 heteroatoms. The van der Waals surface area contributed by atoms with Crippen molar-refractivity contribution in [2.75, 3.05) is 12.9 Å². The van der Waals surface area contributed by atoms with Crippen LogP contribution < -0.4 is 5.56 Å². The molecular formula is C14H14N2O4S. The number of rotatable bonds is 5. The fraction of sp³-hybridized carbons (Fsp3) is 0.286. The number of Topliss-reactive ketones (excluding diaryl/α,β-unsaturated/α-hetero) is 1. The molecule has 0 aliphatic carbocycles. The van der Waals surface area contributed by atoms with Crippen LogP contribution in [-0.4, -0.2) is 34.2 Å². The molecule has 0 amide bonds. The highest BCUT2D eigenvalue weighted by molar-refractivity contribution is 7.99. The largest absolute Gasteiger partial charge is 0.469 e. The summed E-state index contributed by atoms with van der Waals surface area (Å²) in [4.78, 5) is 39.1. The molecule has 0 N–H and O–H groups in total. The molecule has 1 heterocycles. The number of carbonyl (C=O) groups is 2. The summed E-state index contributed by atoms with van der Waals surface area (Å²) in [5.41, 5.74) is 0.423. The third-order valence-electron chi connectivity index (χ3n) is 2.87. The minimum Gasteiger partial charge on any atom is -0.469 e. The summed E-state index contributed by atoms with van der Waals surface area (Å²) in [6.07, 6.45) is -0.273. The SMILES string of the molecule is COC(=O)CC(=O)CSc1nc2ccccc2c(=O)n1C. The van der Waals surface area contributed by atoms with E-state index in [4.69, 9.17) is 0 Å². The number of benzene rings is 1. The molecule has 0 saturated carbocycles. The first-order valence-electron chi connectivity index (χ1n) is 6.20. The van der Waals surface area contributed by atoms with Gasteiger partial charge in [-0.3, -0.25) is 19.0 Å². The van der Waals surface area contributed by atoms with Crippen molar-refractivity contribution in [3.63, 3.8) is 0 Å². The second kappa shape index (κ2) is 6.53. The maximum atomic E-state index is 12.2. The van der Waals surface area contributed by atoms with E-state index in [0.29, 0.717) is 16.1 Å². The lowest BCUT2D eigenvalue weighted by atomic mass is 10.2. The number of esters is 1. The minimum absolute atomic E-state index is 0.0632. The van der Waals surface area contributed by atoms with Gasteiger partial charge in [0.15, 0.2) is 10.9 Å². The highest BCUT2D eigenvalue weighted by atomic mass is 32.2. The number of nitrogens with zero attached hydrogens (tertiary/aromatic N) is 2. The predicted molar refractivity (Wildman–Crippen MR) is 79.3 cm³/mol. The quantitative estimate of drug-likeness (QED) is 0.357. The maximum Gasteiger partial charge on any atom is 0.313 e. The van der Waals surface area contributed by atoms with Crippen molar-refractivity contribution in [1.82, 2.24) is 9.55 Å². The van der Waals surface area contributed by atoms with Crippen LogP contribution in [0.25, 0.3) is 10.9 Å². The normalized spacial score (nSPS) is 10.6. The summed E-state index contributed by atoms with van der Waals surface area (Å²) in [7, 11) is 2.84. The van der Waals surface area contributed by atoms with E-state index in [1.165, 1.54) is 11.7 Å². The zero-order valence-electron chi connectivity index (χ0n) is 11.7. The molecule has 1 aromatic heterocycles. The van der Waals surface area contributed by atoms with Crippen molar-refractivity contribution in [2.45, 2.75) is 11.6 Å². The lowest BCUT2D eigenvalue weighted by Gasteiger charge is -2.08. The molecule has 0 fully saturated rings. The molecule has 0 saturated heterocycles. The molecule has 2 rings (SSSR count). The van der Waals surface area contributed by atoms with Gasteiger partial charge in [0, 0.05) is 7.05 Å². The van der Waals surface area contributed by atoms with E-state index in [1.807, 2.05) is 0 Å². The van der Waals surface area contributed by atoms with E-state index >= 15 is 0 Å². The third-order valence-corrected chi connectivity index (χ3v) is 3.96. The molecule has 21 heavy (non-hydrogen) atoms. The fourth-order valence-corrected chi connectivity index (χ4v) is 2.59. The van der Waals surface area contributed by atoms with E-state index in [2.05, 4.69) is 9.72 Å². The fourth-order valence-electron chi connectivity index (χ4n) is 1.76. The summed E-state index contributed by atoms with van der Waals surface area (Å²) in [5.74, 6) is -0.775. The minimum atomic E-state index is -0.569. The number of methoxy groups -OCH3 is 1. The van der Waals surface area contributed by atoms with Gasteiger partial charge in [-0.05, 0) is 12.1 Å². The summed E-state index contributed by atoms with van der Waals surface area (Å²) >= 11 is 1.13. The summed E-state index contributed by atoms with van der Waals surface area (Å²) in [5, 5.41) is 0.974. The van der Waals surface area contributed by atoms with Crippen molar-refractivity contribution < 1.29 is 14.3 Å². The standard InChI is InChI=1S/C14H14N2O4S/c1-16-13(19)10-5-3-4-6-11(10)15-14(16)21-8-9(17)7-12(18)20-2/h3-6H,7-8H2,1-2H3. The first kappa shape index (κ1) is 15.2. The van der Waals surface area contributed by atoms with Crippen LogP contribution in [0, 0.1) is 0 Å². The average molecular weight is 306 g/mol. The lowest BCUT2D eigenvalue weighted by molar-refractivity contribution is -0.142. The second-order valence-electron chi connectivity index (χ2n) is 4.36. The molecule has 1 aromatic carbocycles. The number of hydrogen-bond donors (Lipinski definition) is 0. The number of ether oxygens (including phenoxy) is 1. The van der Waals surface area contributed by atoms with E-state index in [-0.39, 0.29) is 23.5 Å². The summed E-state index contributed by atoms with van der Waals surface area (Å²) in [6, 6.07) is 7.03. The number of carbonyl (C=O) groups excluding carboxylic acids is 2. The number of para-hydroxylation sites is 1. The van der Waals surface area contributed by atoms with Crippen LogP contribution in [0.3, 0.4) is 0 Å². The van der Waals surface area contributed by atoms with Crippen LogP contribution >= 0.6 is 11.8 Å². The summed E-state index contributed by atoms with van der Waals surface area (Å²) in [6.45, 7) is 0. The molecule has 6 nitrogen and oxygen atoms in total. The van der Waals surface area contributed by atoms with E-state index in [1.54, 1.807) is 31.3 Å². The number of fused-ring (bicyclic) bond motifs is 1. The number of hydrogen-bond acceptors (Lipinski definition) is 6. The Balaban J connectivity index is 2.19. The van der Waals surface area contributed by atoms with Crippen LogP contribution in [0.1, 0.15) is 6.42 Å². The van der Waals surface area contributed by atoms with Gasteiger partial charge in [-0.15, -0.1) is 0 Å². The Morgan fingerprint density at radius 1 is 1.33 bits per heavy atom. The van der Waals surface area contributed by atoms with Crippen molar-refractivity contribution in [2.24, 2.45) is 7.05 Å². The van der Waals surface area contributed by atoms with Gasteiger partial charge in [-0.1, -0.05) is 23.9 Å². The molecule has 110 valence electrons. The Kier molecular flexibility index (Phi) is 4.74. The first-order valence-corrected chi connectivity index (χ1v) is 7.18. The Labute approximate surface area is 125 Å². The highest BCUT2D eigenvalue weighted by Gasteiger charge is 2.13. The molecule has 0 radical (unpaired) electrons. The number of aromatic nitrogens is 2. The van der Waals surface area contributed by atoms with E-state index < -0.39 is 5.97 Å². The Morgan fingerprint density at radius 2 is 2.05 bits per heavy atom.